The maximum absolute atomic E-state index is 13.2. The number of rotatable bonds is 2. The van der Waals surface area contributed by atoms with Crippen LogP contribution in [0.15, 0.2) is 47.4 Å². The van der Waals surface area contributed by atoms with Crippen LogP contribution in [-0.4, -0.2) is 29.5 Å². The van der Waals surface area contributed by atoms with Crippen LogP contribution in [0.2, 0.25) is 20.1 Å². The van der Waals surface area contributed by atoms with Crippen molar-refractivity contribution in [3.63, 3.8) is 0 Å². The molecule has 0 amide bonds. The predicted octanol–water partition coefficient (Wildman–Crippen LogP) is 8.72. The molecule has 34 heavy (non-hydrogen) atoms. The summed E-state index contributed by atoms with van der Waals surface area (Å²) in [6, 6.07) is 4.65. The van der Waals surface area contributed by atoms with E-state index in [0.717, 1.165) is 12.1 Å². The quantitative estimate of drug-likeness (QED) is 0.149. The maximum Gasteiger partial charge on any atom is 0.492 e. The van der Waals surface area contributed by atoms with Crippen molar-refractivity contribution in [2.75, 3.05) is 0 Å². The first-order chi connectivity index (χ1) is 15.2. The van der Waals surface area contributed by atoms with E-state index in [-0.39, 0.29) is 14.5 Å². The van der Waals surface area contributed by atoms with E-state index >= 15 is 0 Å². The lowest BCUT2D eigenvalue weighted by Gasteiger charge is -2.11. The Hall–Kier alpha value is -1.02. The number of hydrogen-bond donors (Lipinski definition) is 2. The molecular formula is C18H10BBrCl4F8O2. The van der Waals surface area contributed by atoms with Gasteiger partial charge in [0.25, 0.3) is 0 Å². The Labute approximate surface area is 216 Å². The topological polar surface area (TPSA) is 40.5 Å². The molecule has 0 aliphatic carbocycles. The van der Waals surface area contributed by atoms with Gasteiger partial charge in [0.05, 0.1) is 25.6 Å². The summed E-state index contributed by atoms with van der Waals surface area (Å²) in [6.07, 6.45) is -9.43. The largest absolute Gasteiger partial charge is 0.492 e. The molecule has 0 radical (unpaired) electrons. The van der Waals surface area contributed by atoms with Crippen LogP contribution in [0.25, 0.3) is 5.57 Å². The highest BCUT2D eigenvalue weighted by Gasteiger charge is 2.38. The van der Waals surface area contributed by atoms with Crippen LogP contribution in [0.1, 0.15) is 5.56 Å². The van der Waals surface area contributed by atoms with E-state index in [2.05, 4.69) is 29.1 Å². The summed E-state index contributed by atoms with van der Waals surface area (Å²) in [5, 5.41) is 15.7. The van der Waals surface area contributed by atoms with Gasteiger partial charge >= 0.3 is 19.5 Å². The first-order valence-electron chi connectivity index (χ1n) is 8.03. The van der Waals surface area contributed by atoms with E-state index in [1.54, 1.807) is 0 Å². The lowest BCUT2D eigenvalue weighted by Crippen LogP contribution is -2.26. The summed E-state index contributed by atoms with van der Waals surface area (Å²) in [7, 11) is -2.51. The van der Waals surface area contributed by atoms with E-state index < -0.39 is 52.7 Å². The molecule has 0 aromatic heterocycles. The minimum atomic E-state index is -4.71. The van der Waals surface area contributed by atoms with Gasteiger partial charge in [-0.2, -0.15) is 26.3 Å². The van der Waals surface area contributed by atoms with Gasteiger partial charge in [-0.05, 0) is 40.2 Å². The number of alkyl halides is 6. The van der Waals surface area contributed by atoms with Gasteiger partial charge in [-0.15, -0.1) is 0 Å². The molecular weight excluding hydrogens is 633 g/mol. The number of halogens is 13. The van der Waals surface area contributed by atoms with Crippen LogP contribution in [0.3, 0.4) is 0 Å². The van der Waals surface area contributed by atoms with E-state index in [1.807, 2.05) is 0 Å². The Morgan fingerprint density at radius 1 is 0.765 bits per heavy atom. The van der Waals surface area contributed by atoms with Gasteiger partial charge in [-0.3, -0.25) is 0 Å². The average molecular weight is 643 g/mol. The highest BCUT2D eigenvalue weighted by Crippen LogP contribution is 2.36. The maximum atomic E-state index is 13.2. The molecule has 2 rings (SSSR count). The lowest BCUT2D eigenvalue weighted by atomic mass is 9.80. The minimum Gasteiger partial charge on any atom is -0.423 e. The SMILES string of the molecule is C=C(B(O)O)C(F)(F)F.C=C(c1cc(Cl)cc(Cl)c1F)C(F)(F)F.Fc1c(Cl)cc(Cl)cc1Br. The summed E-state index contributed by atoms with van der Waals surface area (Å²) in [5.41, 5.74) is -3.60. The Kier molecular flexibility index (Phi) is 12.9. The summed E-state index contributed by atoms with van der Waals surface area (Å²) in [4.78, 5) is 0. The smallest absolute Gasteiger partial charge is 0.423 e. The number of allylic oxidation sites excluding steroid dienone is 2. The molecule has 0 aliphatic rings. The third-order valence-corrected chi connectivity index (χ3v) is 4.85. The molecule has 0 unspecified atom stereocenters. The Balaban J connectivity index is 0.000000504. The molecule has 2 aromatic rings. The van der Waals surface area contributed by atoms with Gasteiger partial charge in [-0.1, -0.05) is 59.6 Å². The van der Waals surface area contributed by atoms with Crippen LogP contribution in [0, 0.1) is 11.6 Å². The van der Waals surface area contributed by atoms with Gasteiger partial charge in [-0.25, -0.2) is 8.78 Å². The predicted molar refractivity (Wildman–Crippen MR) is 121 cm³/mol. The van der Waals surface area contributed by atoms with Crippen molar-refractivity contribution in [1.29, 1.82) is 0 Å². The first kappa shape index (κ1) is 33.0. The summed E-state index contributed by atoms with van der Waals surface area (Å²) < 4.78 is 96.7. The minimum absolute atomic E-state index is 0.0272. The van der Waals surface area contributed by atoms with Crippen molar-refractivity contribution in [1.82, 2.24) is 0 Å². The fourth-order valence-electron chi connectivity index (χ4n) is 1.60. The second-order valence-corrected chi connectivity index (χ2v) is 8.35. The second-order valence-electron chi connectivity index (χ2n) is 5.81. The van der Waals surface area contributed by atoms with Gasteiger partial charge in [0.1, 0.15) is 5.82 Å². The van der Waals surface area contributed by atoms with E-state index in [4.69, 9.17) is 56.5 Å². The Bertz CT molecular complexity index is 1020. The molecule has 0 spiro atoms. The third-order valence-electron chi connectivity index (χ3n) is 3.28. The zero-order valence-corrected chi connectivity index (χ0v) is 20.7. The van der Waals surface area contributed by atoms with Crippen molar-refractivity contribution in [3.8, 4) is 0 Å². The zero-order chi connectivity index (χ0) is 27.2. The monoisotopic (exact) mass is 640 g/mol. The number of benzene rings is 2. The zero-order valence-electron chi connectivity index (χ0n) is 16.1. The first-order valence-corrected chi connectivity index (χ1v) is 10.3. The average Bonchev–Trinajstić information content (AvgIpc) is 2.67. The van der Waals surface area contributed by atoms with Crippen molar-refractivity contribution in [2.24, 2.45) is 0 Å². The summed E-state index contributed by atoms with van der Waals surface area (Å²) in [6.45, 7) is 5.16. The molecule has 0 saturated heterocycles. The molecule has 2 nitrogen and oxygen atoms in total. The van der Waals surface area contributed by atoms with Gasteiger partial charge in [0.15, 0.2) is 5.82 Å². The normalized spacial score (nSPS) is 11.0. The van der Waals surface area contributed by atoms with Gasteiger partial charge in [0.2, 0.25) is 0 Å². The molecule has 2 aromatic carbocycles. The van der Waals surface area contributed by atoms with E-state index in [0.29, 0.717) is 5.02 Å². The summed E-state index contributed by atoms with van der Waals surface area (Å²) in [5.74, 6) is -1.66. The Morgan fingerprint density at radius 3 is 1.50 bits per heavy atom. The highest BCUT2D eigenvalue weighted by molar-refractivity contribution is 9.10. The molecule has 0 aliphatic heterocycles. The lowest BCUT2D eigenvalue weighted by molar-refractivity contribution is -0.0871. The molecule has 0 heterocycles. The van der Waals surface area contributed by atoms with Crippen LogP contribution in [0.4, 0.5) is 35.1 Å². The molecule has 16 heteroatoms. The van der Waals surface area contributed by atoms with Gasteiger partial charge in [0, 0.05) is 15.6 Å². The third kappa shape index (κ3) is 10.7. The number of hydrogen-bond acceptors (Lipinski definition) is 2. The van der Waals surface area contributed by atoms with E-state index in [1.165, 1.54) is 12.1 Å². The molecule has 2 N–H and O–H groups in total. The van der Waals surface area contributed by atoms with Crippen LogP contribution in [0.5, 0.6) is 0 Å². The fraction of sp³-hybridized carbons (Fsp3) is 0.111. The Morgan fingerprint density at radius 2 is 1.18 bits per heavy atom. The van der Waals surface area contributed by atoms with Crippen LogP contribution >= 0.6 is 62.3 Å². The van der Waals surface area contributed by atoms with Crippen LogP contribution < -0.4 is 0 Å². The highest BCUT2D eigenvalue weighted by atomic mass is 79.9. The van der Waals surface area contributed by atoms with Crippen molar-refractivity contribution in [3.05, 3.63) is 84.7 Å². The van der Waals surface area contributed by atoms with Crippen molar-refractivity contribution in [2.45, 2.75) is 12.4 Å². The second kappa shape index (κ2) is 13.3. The van der Waals surface area contributed by atoms with Crippen molar-refractivity contribution >= 4 is 75.0 Å². The van der Waals surface area contributed by atoms with Crippen LogP contribution in [-0.2, 0) is 0 Å². The standard InChI is InChI=1S/C9H4Cl2F4.C6H2BrCl2F.C3H4BF3O2/c1-4(9(13,14)15)6-2-5(10)3-7(11)8(6)12;7-4-1-3(8)2-5(9)6(4)10;1-2(4(8)9)3(5,6)7/h2-3H,1H2;1-2H;8-9H,1H2. The van der Waals surface area contributed by atoms with Crippen molar-refractivity contribution < 1.29 is 45.2 Å². The van der Waals surface area contributed by atoms with E-state index in [9.17, 15) is 35.1 Å². The fourth-order valence-corrected chi connectivity index (χ4v) is 3.29. The summed E-state index contributed by atoms with van der Waals surface area (Å²) >= 11 is 24.7. The molecule has 0 saturated carbocycles. The molecule has 0 fully saturated rings. The molecule has 0 bridgehead atoms. The molecule has 188 valence electrons. The van der Waals surface area contributed by atoms with Gasteiger partial charge < -0.3 is 10.0 Å². The molecule has 0 atom stereocenters.